The normalized spacial score (nSPS) is 18.0. The lowest BCUT2D eigenvalue weighted by atomic mass is 10.0. The van der Waals surface area contributed by atoms with Gasteiger partial charge in [0, 0.05) is 24.0 Å². The average Bonchev–Trinajstić information content (AvgIpc) is 2.90. The van der Waals surface area contributed by atoms with Crippen LogP contribution < -0.4 is 4.74 Å². The summed E-state index contributed by atoms with van der Waals surface area (Å²) in [5.41, 5.74) is 1.67. The monoisotopic (exact) mass is 247 g/mol. The van der Waals surface area contributed by atoms with Crippen LogP contribution in [0.3, 0.4) is 0 Å². The number of rotatable bonds is 1. The minimum absolute atomic E-state index is 0.222. The molecule has 1 aromatic carbocycles. The van der Waals surface area contributed by atoms with Crippen molar-refractivity contribution in [1.82, 2.24) is 4.57 Å². The molecule has 0 spiro atoms. The molecule has 0 N–H and O–H groups in total. The molecule has 1 aliphatic heterocycles. The summed E-state index contributed by atoms with van der Waals surface area (Å²) < 4.78 is 7.09. The van der Waals surface area contributed by atoms with E-state index in [1.54, 1.807) is 6.07 Å². The minimum Gasteiger partial charge on any atom is -0.426 e. The van der Waals surface area contributed by atoms with Crippen LogP contribution in [0.4, 0.5) is 0 Å². The van der Waals surface area contributed by atoms with E-state index in [1.807, 2.05) is 42.1 Å². The lowest BCUT2D eigenvalue weighted by molar-refractivity contribution is -0.133. The van der Waals surface area contributed by atoms with Crippen molar-refractivity contribution < 1.29 is 9.53 Å². The maximum absolute atomic E-state index is 11.5. The first kappa shape index (κ1) is 10.4. The first-order chi connectivity index (χ1) is 8.16. The Hall–Kier alpha value is -1.74. The number of ether oxygens (including phenoxy) is 1. The maximum atomic E-state index is 11.5. The molecule has 0 amide bonds. The number of hydrogen-bond acceptors (Lipinski definition) is 2. The fraction of sp³-hybridized carbons (Fsp3) is 0.154. The van der Waals surface area contributed by atoms with Gasteiger partial charge in [0.25, 0.3) is 0 Å². The van der Waals surface area contributed by atoms with Gasteiger partial charge in [0.2, 0.25) is 0 Å². The van der Waals surface area contributed by atoms with Crippen LogP contribution in [0.2, 0.25) is 5.02 Å². The zero-order valence-electron chi connectivity index (χ0n) is 9.18. The molecule has 2 aromatic rings. The Bertz CT molecular complexity index is 590. The molecule has 0 radical (unpaired) electrons. The van der Waals surface area contributed by atoms with Crippen molar-refractivity contribution in [1.29, 1.82) is 0 Å². The first-order valence-corrected chi connectivity index (χ1v) is 5.73. The first-order valence-electron chi connectivity index (χ1n) is 5.35. The number of carbonyl (C=O) groups excluding carboxylic acids is 1. The zero-order valence-corrected chi connectivity index (χ0v) is 9.94. The molecule has 86 valence electrons. The standard InChI is InChI=1S/C13H10ClNO2/c1-8-9-6-10(14)11(15-4-2-3-5-15)7-12(9)17-13(8)16/h2-8H,1H3. The summed E-state index contributed by atoms with van der Waals surface area (Å²) in [6.07, 6.45) is 3.79. The van der Waals surface area contributed by atoms with Crippen molar-refractivity contribution in [3.05, 3.63) is 47.2 Å². The third-order valence-corrected chi connectivity index (χ3v) is 3.30. The van der Waals surface area contributed by atoms with E-state index >= 15 is 0 Å². The third kappa shape index (κ3) is 1.54. The largest absolute Gasteiger partial charge is 0.426 e. The van der Waals surface area contributed by atoms with E-state index in [1.165, 1.54) is 0 Å². The molecule has 3 rings (SSSR count). The van der Waals surface area contributed by atoms with Crippen LogP contribution in [-0.2, 0) is 4.79 Å². The third-order valence-electron chi connectivity index (χ3n) is 2.99. The van der Waals surface area contributed by atoms with E-state index in [-0.39, 0.29) is 11.9 Å². The highest BCUT2D eigenvalue weighted by Crippen LogP contribution is 2.39. The highest BCUT2D eigenvalue weighted by molar-refractivity contribution is 6.32. The minimum atomic E-state index is -0.235. The van der Waals surface area contributed by atoms with Crippen molar-refractivity contribution in [3.8, 4) is 11.4 Å². The van der Waals surface area contributed by atoms with Crippen molar-refractivity contribution >= 4 is 17.6 Å². The van der Waals surface area contributed by atoms with E-state index in [0.717, 1.165) is 11.3 Å². The van der Waals surface area contributed by atoms with Crippen LogP contribution in [0.25, 0.3) is 5.69 Å². The SMILES string of the molecule is CC1C(=O)Oc2cc(-n3cccc3)c(Cl)cc21. The van der Waals surface area contributed by atoms with Crippen molar-refractivity contribution in [2.24, 2.45) is 0 Å². The van der Waals surface area contributed by atoms with Crippen LogP contribution in [0.5, 0.6) is 5.75 Å². The molecule has 3 nitrogen and oxygen atoms in total. The molecule has 0 fully saturated rings. The predicted molar refractivity (Wildman–Crippen MR) is 64.8 cm³/mol. The van der Waals surface area contributed by atoms with Gasteiger partial charge in [0.15, 0.2) is 0 Å². The Kier molecular flexibility index (Phi) is 2.23. The summed E-state index contributed by atoms with van der Waals surface area (Å²) in [4.78, 5) is 11.5. The smallest absolute Gasteiger partial charge is 0.318 e. The Labute approximate surface area is 104 Å². The quantitative estimate of drug-likeness (QED) is 0.573. The van der Waals surface area contributed by atoms with Gasteiger partial charge in [0.1, 0.15) is 5.75 Å². The Morgan fingerprint density at radius 3 is 2.71 bits per heavy atom. The summed E-state index contributed by atoms with van der Waals surface area (Å²) in [7, 11) is 0. The zero-order chi connectivity index (χ0) is 12.0. The van der Waals surface area contributed by atoms with Crippen molar-refractivity contribution in [2.75, 3.05) is 0 Å². The summed E-state index contributed by atoms with van der Waals surface area (Å²) in [5, 5.41) is 0.616. The summed E-state index contributed by atoms with van der Waals surface area (Å²) in [5.74, 6) is 0.150. The fourth-order valence-corrected chi connectivity index (χ4v) is 2.27. The number of carbonyl (C=O) groups is 1. The number of nitrogens with zero attached hydrogens (tertiary/aromatic N) is 1. The van der Waals surface area contributed by atoms with E-state index in [4.69, 9.17) is 16.3 Å². The van der Waals surface area contributed by atoms with Gasteiger partial charge in [0.05, 0.1) is 16.6 Å². The summed E-state index contributed by atoms with van der Waals surface area (Å²) in [6, 6.07) is 7.44. The van der Waals surface area contributed by atoms with Crippen LogP contribution in [0.1, 0.15) is 18.4 Å². The molecule has 17 heavy (non-hydrogen) atoms. The van der Waals surface area contributed by atoms with Gasteiger partial charge in [-0.2, -0.15) is 0 Å². The van der Waals surface area contributed by atoms with Gasteiger partial charge in [-0.15, -0.1) is 0 Å². The van der Waals surface area contributed by atoms with Crippen molar-refractivity contribution in [2.45, 2.75) is 12.8 Å². The van der Waals surface area contributed by atoms with Crippen LogP contribution >= 0.6 is 11.6 Å². The van der Waals surface area contributed by atoms with Gasteiger partial charge in [-0.05, 0) is 25.1 Å². The van der Waals surface area contributed by atoms with E-state index in [2.05, 4.69) is 0 Å². The molecule has 1 aliphatic rings. The molecule has 1 unspecified atom stereocenters. The summed E-state index contributed by atoms with van der Waals surface area (Å²) in [6.45, 7) is 1.82. The number of esters is 1. The highest BCUT2D eigenvalue weighted by atomic mass is 35.5. The second-order valence-electron chi connectivity index (χ2n) is 4.07. The van der Waals surface area contributed by atoms with Gasteiger partial charge in [-0.25, -0.2) is 0 Å². The lowest BCUT2D eigenvalue weighted by Gasteiger charge is -2.08. The molecular weight excluding hydrogens is 238 g/mol. The second kappa shape index (κ2) is 3.64. The Morgan fingerprint density at radius 1 is 1.29 bits per heavy atom. The van der Waals surface area contributed by atoms with E-state index in [9.17, 15) is 4.79 Å². The molecule has 0 saturated heterocycles. The Morgan fingerprint density at radius 2 is 2.00 bits per heavy atom. The molecule has 0 saturated carbocycles. The Balaban J connectivity index is 2.16. The topological polar surface area (TPSA) is 31.2 Å². The average molecular weight is 248 g/mol. The number of benzene rings is 1. The van der Waals surface area contributed by atoms with Gasteiger partial charge < -0.3 is 9.30 Å². The molecule has 1 aromatic heterocycles. The van der Waals surface area contributed by atoms with Gasteiger partial charge in [-0.3, -0.25) is 4.79 Å². The summed E-state index contributed by atoms with van der Waals surface area (Å²) >= 11 is 6.22. The molecule has 1 atom stereocenters. The molecular formula is C13H10ClNO2. The number of halogens is 1. The van der Waals surface area contributed by atoms with Crippen LogP contribution in [-0.4, -0.2) is 10.5 Å². The molecule has 2 heterocycles. The van der Waals surface area contributed by atoms with E-state index in [0.29, 0.717) is 10.8 Å². The molecule has 4 heteroatoms. The van der Waals surface area contributed by atoms with Crippen molar-refractivity contribution in [3.63, 3.8) is 0 Å². The van der Waals surface area contributed by atoms with Gasteiger partial charge >= 0.3 is 5.97 Å². The predicted octanol–water partition coefficient (Wildman–Crippen LogP) is 3.15. The second-order valence-corrected chi connectivity index (χ2v) is 4.48. The highest BCUT2D eigenvalue weighted by Gasteiger charge is 2.30. The molecule has 0 bridgehead atoms. The fourth-order valence-electron chi connectivity index (χ4n) is 2.00. The number of fused-ring (bicyclic) bond motifs is 1. The van der Waals surface area contributed by atoms with Crippen LogP contribution in [0, 0.1) is 0 Å². The lowest BCUT2D eigenvalue weighted by Crippen LogP contribution is -2.05. The van der Waals surface area contributed by atoms with Gasteiger partial charge in [-0.1, -0.05) is 11.6 Å². The number of hydrogen-bond donors (Lipinski definition) is 0. The van der Waals surface area contributed by atoms with E-state index < -0.39 is 0 Å². The van der Waals surface area contributed by atoms with Crippen LogP contribution in [0.15, 0.2) is 36.7 Å². The molecule has 0 aliphatic carbocycles. The number of aromatic nitrogens is 1. The maximum Gasteiger partial charge on any atom is 0.318 e.